The van der Waals surface area contributed by atoms with E-state index in [1.807, 2.05) is 18.2 Å². The van der Waals surface area contributed by atoms with Crippen molar-refractivity contribution in [2.45, 2.75) is 12.6 Å². The molecule has 3 heterocycles. The van der Waals surface area contributed by atoms with Gasteiger partial charge in [-0.1, -0.05) is 6.07 Å². The molecular weight excluding hydrogens is 361 g/mol. The summed E-state index contributed by atoms with van der Waals surface area (Å²) < 4.78 is 37.9. The predicted octanol–water partition coefficient (Wildman–Crippen LogP) is 2.04. The summed E-state index contributed by atoms with van der Waals surface area (Å²) in [5.74, 6) is 0.681. The van der Waals surface area contributed by atoms with Gasteiger partial charge in [-0.3, -0.25) is 4.79 Å². The number of anilines is 2. The largest absolute Gasteiger partial charge is 0.433 e. The van der Waals surface area contributed by atoms with Crippen LogP contribution >= 0.6 is 0 Å². The van der Waals surface area contributed by atoms with Gasteiger partial charge in [0.15, 0.2) is 0 Å². The lowest BCUT2D eigenvalue weighted by atomic mass is 10.2. The molecule has 2 aromatic heterocycles. The average Bonchev–Trinajstić information content (AvgIpc) is 2.68. The number of carbonyl (C=O) groups is 1. The Kier molecular flexibility index (Phi) is 5.72. The molecule has 7 nitrogen and oxygen atoms in total. The average molecular weight is 380 g/mol. The highest BCUT2D eigenvalue weighted by atomic mass is 19.4. The fourth-order valence-electron chi connectivity index (χ4n) is 2.77. The van der Waals surface area contributed by atoms with Gasteiger partial charge in [-0.15, -0.1) is 0 Å². The maximum atomic E-state index is 12.6. The Labute approximate surface area is 154 Å². The normalized spacial score (nSPS) is 14.9. The third-order valence-corrected chi connectivity index (χ3v) is 4.17. The zero-order valence-corrected chi connectivity index (χ0v) is 14.5. The summed E-state index contributed by atoms with van der Waals surface area (Å²) in [7, 11) is 0. The van der Waals surface area contributed by atoms with Crippen molar-refractivity contribution < 1.29 is 18.0 Å². The van der Waals surface area contributed by atoms with Crippen LogP contribution in [0.25, 0.3) is 0 Å². The highest BCUT2D eigenvalue weighted by molar-refractivity contribution is 5.77. The maximum absolute atomic E-state index is 12.6. The van der Waals surface area contributed by atoms with Crippen LogP contribution in [-0.4, -0.2) is 58.5 Å². The van der Waals surface area contributed by atoms with Crippen LogP contribution in [0.5, 0.6) is 0 Å². The molecule has 0 spiro atoms. The highest BCUT2D eigenvalue weighted by Crippen LogP contribution is 2.27. The number of carbonyl (C=O) groups excluding carboxylic acids is 1. The van der Waals surface area contributed by atoms with Crippen molar-refractivity contribution in [3.05, 3.63) is 42.4 Å². The van der Waals surface area contributed by atoms with Gasteiger partial charge in [0.2, 0.25) is 11.9 Å². The molecule has 144 valence electrons. The molecule has 1 N–H and O–H groups in total. The summed E-state index contributed by atoms with van der Waals surface area (Å²) in [6, 6.07) is 6.50. The fraction of sp³-hybridized carbons (Fsp3) is 0.412. The number of aromatic nitrogens is 3. The van der Waals surface area contributed by atoms with Gasteiger partial charge in [0.1, 0.15) is 11.5 Å². The molecule has 0 radical (unpaired) electrons. The van der Waals surface area contributed by atoms with Crippen LogP contribution in [0.2, 0.25) is 0 Å². The van der Waals surface area contributed by atoms with E-state index in [9.17, 15) is 18.0 Å². The number of alkyl halides is 3. The first-order valence-corrected chi connectivity index (χ1v) is 8.51. The van der Waals surface area contributed by atoms with Crippen LogP contribution in [-0.2, 0) is 11.0 Å². The van der Waals surface area contributed by atoms with E-state index in [4.69, 9.17) is 0 Å². The van der Waals surface area contributed by atoms with E-state index in [0.29, 0.717) is 26.2 Å². The number of hydrogen-bond acceptors (Lipinski definition) is 6. The van der Waals surface area contributed by atoms with Gasteiger partial charge >= 0.3 is 6.18 Å². The standard InChI is InChI=1S/C17H19F3N6O/c18-17(19,20)13-4-7-22-16(24-13)23-8-5-15(27)26-11-9-25(10-12-26)14-3-1-2-6-21-14/h1-4,6-7H,5,8-12H2,(H,22,23,24). The van der Waals surface area contributed by atoms with E-state index < -0.39 is 11.9 Å². The minimum Gasteiger partial charge on any atom is -0.354 e. The zero-order chi connectivity index (χ0) is 19.3. The van der Waals surface area contributed by atoms with Gasteiger partial charge in [-0.05, 0) is 18.2 Å². The molecule has 0 aromatic carbocycles. The molecule has 1 aliphatic heterocycles. The summed E-state index contributed by atoms with van der Waals surface area (Å²) in [5.41, 5.74) is -1.02. The second-order valence-corrected chi connectivity index (χ2v) is 6.00. The number of amides is 1. The van der Waals surface area contributed by atoms with Crippen LogP contribution in [0.3, 0.4) is 0 Å². The fourth-order valence-corrected chi connectivity index (χ4v) is 2.77. The SMILES string of the molecule is O=C(CCNc1nccc(C(F)(F)F)n1)N1CCN(c2ccccn2)CC1. The second kappa shape index (κ2) is 8.19. The third kappa shape index (κ3) is 5.05. The van der Waals surface area contributed by atoms with Crippen molar-refractivity contribution in [3.63, 3.8) is 0 Å². The number of rotatable bonds is 5. The summed E-state index contributed by atoms with van der Waals surface area (Å²) in [5, 5.41) is 2.67. The van der Waals surface area contributed by atoms with Crippen LogP contribution in [0.1, 0.15) is 12.1 Å². The Morgan fingerprint density at radius 1 is 1.07 bits per heavy atom. The smallest absolute Gasteiger partial charge is 0.354 e. The highest BCUT2D eigenvalue weighted by Gasteiger charge is 2.32. The molecule has 1 aliphatic rings. The predicted molar refractivity (Wildman–Crippen MR) is 93.2 cm³/mol. The molecule has 3 rings (SSSR count). The van der Waals surface area contributed by atoms with Crippen molar-refractivity contribution in [1.82, 2.24) is 19.9 Å². The van der Waals surface area contributed by atoms with Gasteiger partial charge in [-0.2, -0.15) is 13.2 Å². The Hall–Kier alpha value is -2.91. The van der Waals surface area contributed by atoms with Crippen molar-refractivity contribution in [1.29, 1.82) is 0 Å². The van der Waals surface area contributed by atoms with E-state index >= 15 is 0 Å². The van der Waals surface area contributed by atoms with Crippen molar-refractivity contribution >= 4 is 17.7 Å². The lowest BCUT2D eigenvalue weighted by molar-refractivity contribution is -0.141. The second-order valence-electron chi connectivity index (χ2n) is 6.00. The molecule has 1 amide bonds. The molecule has 1 fully saturated rings. The van der Waals surface area contributed by atoms with Crippen LogP contribution in [0, 0.1) is 0 Å². The Morgan fingerprint density at radius 3 is 2.52 bits per heavy atom. The van der Waals surface area contributed by atoms with E-state index in [-0.39, 0.29) is 24.8 Å². The van der Waals surface area contributed by atoms with Crippen molar-refractivity contribution in [3.8, 4) is 0 Å². The first-order chi connectivity index (χ1) is 12.9. The summed E-state index contributed by atoms with van der Waals surface area (Å²) >= 11 is 0. The first-order valence-electron chi connectivity index (χ1n) is 8.51. The number of pyridine rings is 1. The quantitative estimate of drug-likeness (QED) is 0.856. The molecule has 10 heteroatoms. The van der Waals surface area contributed by atoms with Gasteiger partial charge in [0.25, 0.3) is 0 Å². The van der Waals surface area contributed by atoms with Crippen molar-refractivity contribution in [2.75, 3.05) is 42.9 Å². The monoisotopic (exact) mass is 380 g/mol. The van der Waals surface area contributed by atoms with Crippen LogP contribution < -0.4 is 10.2 Å². The molecule has 0 unspecified atom stereocenters. The van der Waals surface area contributed by atoms with E-state index in [1.54, 1.807) is 11.1 Å². The van der Waals surface area contributed by atoms with Gasteiger partial charge in [0.05, 0.1) is 0 Å². The van der Waals surface area contributed by atoms with Gasteiger partial charge in [-0.25, -0.2) is 15.0 Å². The molecule has 27 heavy (non-hydrogen) atoms. The van der Waals surface area contributed by atoms with E-state index in [0.717, 1.165) is 18.1 Å². The van der Waals surface area contributed by atoms with Crippen molar-refractivity contribution in [2.24, 2.45) is 0 Å². The number of piperazine rings is 1. The summed E-state index contributed by atoms with van der Waals surface area (Å²) in [6.45, 7) is 2.70. The number of halogens is 3. The molecule has 2 aromatic rings. The molecule has 0 aliphatic carbocycles. The Morgan fingerprint density at radius 2 is 1.85 bits per heavy atom. The molecular formula is C17H19F3N6O. The molecule has 0 atom stereocenters. The van der Waals surface area contributed by atoms with E-state index in [2.05, 4.69) is 25.2 Å². The lowest BCUT2D eigenvalue weighted by Crippen LogP contribution is -2.49. The Balaban J connectivity index is 1.44. The maximum Gasteiger partial charge on any atom is 0.433 e. The third-order valence-electron chi connectivity index (χ3n) is 4.17. The van der Waals surface area contributed by atoms with Crippen LogP contribution in [0.4, 0.5) is 24.9 Å². The minimum atomic E-state index is -4.53. The molecule has 0 saturated carbocycles. The molecule has 1 saturated heterocycles. The zero-order valence-electron chi connectivity index (χ0n) is 14.5. The number of hydrogen-bond donors (Lipinski definition) is 1. The molecule has 0 bridgehead atoms. The number of nitrogens with zero attached hydrogens (tertiary/aromatic N) is 5. The lowest BCUT2D eigenvalue weighted by Gasteiger charge is -2.35. The summed E-state index contributed by atoms with van der Waals surface area (Å²) in [6.07, 6.45) is -1.60. The van der Waals surface area contributed by atoms with Gasteiger partial charge < -0.3 is 15.1 Å². The number of nitrogens with one attached hydrogen (secondary N) is 1. The first kappa shape index (κ1) is 18.9. The van der Waals surface area contributed by atoms with Crippen LogP contribution in [0.15, 0.2) is 36.7 Å². The van der Waals surface area contributed by atoms with Gasteiger partial charge in [0, 0.05) is 51.5 Å². The summed E-state index contributed by atoms with van der Waals surface area (Å²) in [4.78, 5) is 27.6. The van der Waals surface area contributed by atoms with E-state index in [1.165, 1.54) is 0 Å². The Bertz CT molecular complexity index is 763. The topological polar surface area (TPSA) is 74.2 Å². The minimum absolute atomic E-state index is 0.0600.